The molecule has 0 bridgehead atoms. The van der Waals surface area contributed by atoms with E-state index in [0.717, 1.165) is 12.8 Å². The molecule has 164 valence electrons. The van der Waals surface area contributed by atoms with Crippen LogP contribution in [0.2, 0.25) is 10.0 Å². The van der Waals surface area contributed by atoms with Crippen LogP contribution in [0.5, 0.6) is 5.75 Å². The van der Waals surface area contributed by atoms with Crippen LogP contribution in [0, 0.1) is 11.8 Å². The lowest BCUT2D eigenvalue weighted by atomic mass is 9.85. The number of hydrogen-bond donors (Lipinski definition) is 2. The quantitative estimate of drug-likeness (QED) is 0.480. The van der Waals surface area contributed by atoms with Gasteiger partial charge in [-0.05, 0) is 50.2 Å². The fourth-order valence-electron chi connectivity index (χ4n) is 3.90. The van der Waals surface area contributed by atoms with Gasteiger partial charge in [-0.25, -0.2) is 13.1 Å². The summed E-state index contributed by atoms with van der Waals surface area (Å²) < 4.78 is 28.4. The molecule has 1 aromatic rings. The lowest BCUT2D eigenvalue weighted by Gasteiger charge is -2.28. The Bertz CT molecular complexity index is 806. The molecule has 5 nitrogen and oxygen atoms in total. The van der Waals surface area contributed by atoms with Crippen molar-refractivity contribution in [3.05, 3.63) is 27.7 Å². The van der Waals surface area contributed by atoms with E-state index in [2.05, 4.69) is 9.71 Å². The van der Waals surface area contributed by atoms with E-state index in [1.54, 1.807) is 6.07 Å². The van der Waals surface area contributed by atoms with Crippen LogP contribution in [0.25, 0.3) is 0 Å². The van der Waals surface area contributed by atoms with Gasteiger partial charge in [-0.2, -0.15) is 0 Å². The Balaban J connectivity index is 2.11. The Labute approximate surface area is 185 Å². The molecule has 0 unspecified atom stereocenters. The first-order valence-corrected chi connectivity index (χ1v) is 12.7. The van der Waals surface area contributed by atoms with E-state index in [1.165, 1.54) is 31.5 Å². The van der Waals surface area contributed by atoms with Crippen molar-refractivity contribution < 1.29 is 13.5 Å². The molecule has 0 aromatic heterocycles. The van der Waals surface area contributed by atoms with Crippen molar-refractivity contribution in [2.24, 2.45) is 16.8 Å². The molecule has 8 heteroatoms. The maximum atomic E-state index is 12.8. The van der Waals surface area contributed by atoms with Crippen LogP contribution in [-0.4, -0.2) is 37.6 Å². The molecule has 1 aromatic carbocycles. The predicted molar refractivity (Wildman–Crippen MR) is 122 cm³/mol. The van der Waals surface area contributed by atoms with Gasteiger partial charge < -0.3 is 5.11 Å². The second-order valence-corrected chi connectivity index (χ2v) is 11.1. The van der Waals surface area contributed by atoms with Gasteiger partial charge in [-0.1, -0.05) is 56.3 Å². The van der Waals surface area contributed by atoms with Gasteiger partial charge in [0, 0.05) is 22.8 Å². The van der Waals surface area contributed by atoms with E-state index in [-0.39, 0.29) is 28.5 Å². The van der Waals surface area contributed by atoms with Crippen molar-refractivity contribution >= 4 is 39.4 Å². The average Bonchev–Trinajstić information content (AvgIpc) is 2.62. The van der Waals surface area contributed by atoms with Gasteiger partial charge in [-0.3, -0.25) is 4.99 Å². The van der Waals surface area contributed by atoms with Crippen molar-refractivity contribution in [2.45, 2.75) is 71.4 Å². The van der Waals surface area contributed by atoms with Crippen molar-refractivity contribution in [1.29, 1.82) is 0 Å². The fourth-order valence-corrected chi connectivity index (χ4v) is 5.99. The number of nitrogens with zero attached hydrogens (tertiary/aromatic N) is 1. The zero-order valence-corrected chi connectivity index (χ0v) is 19.7. The number of rotatable bonds is 9. The van der Waals surface area contributed by atoms with E-state index >= 15 is 0 Å². The maximum absolute atomic E-state index is 12.8. The number of halogens is 2. The Kier molecular flexibility index (Phi) is 9.26. The first-order chi connectivity index (χ1) is 13.6. The second-order valence-electron chi connectivity index (χ2n) is 8.47. The summed E-state index contributed by atoms with van der Waals surface area (Å²) in [6.07, 6.45) is 7.80. The summed E-state index contributed by atoms with van der Waals surface area (Å²) in [5.74, 6) is 0.471. The molecule has 0 heterocycles. The Morgan fingerprint density at radius 2 is 1.86 bits per heavy atom. The fraction of sp³-hybridized carbons (Fsp3) is 0.667. The zero-order valence-electron chi connectivity index (χ0n) is 17.4. The third kappa shape index (κ3) is 8.08. The lowest BCUT2D eigenvalue weighted by Crippen LogP contribution is -2.42. The van der Waals surface area contributed by atoms with E-state index < -0.39 is 16.1 Å². The third-order valence-electron chi connectivity index (χ3n) is 5.36. The van der Waals surface area contributed by atoms with Crippen LogP contribution in [0.1, 0.15) is 64.9 Å². The minimum absolute atomic E-state index is 0.0697. The number of phenolic OH excluding ortho intramolecular Hbond substituents is 1. The standard InChI is InChI=1S/C21H32Cl2N2O3S/c1-14(2)9-19(24-12-17-10-18(22)11-20(23)21(17)26)13-29(27,28)25-15(3)16-7-5-4-6-8-16/h10-12,14-16,19,25-26H,4-9,13H2,1-3H3/t15-,19-/m0/s1. The van der Waals surface area contributed by atoms with Gasteiger partial charge in [0.25, 0.3) is 0 Å². The van der Waals surface area contributed by atoms with Gasteiger partial charge in [0.15, 0.2) is 0 Å². The SMILES string of the molecule is CC(C)C[C@@H](CS(=O)(=O)N[C@@H](C)C1CCCCC1)N=Cc1cc(Cl)cc(Cl)c1O. The molecule has 2 rings (SSSR count). The number of aromatic hydroxyl groups is 1. The van der Waals surface area contributed by atoms with Gasteiger partial charge in [0.05, 0.1) is 16.8 Å². The Morgan fingerprint density at radius 3 is 2.48 bits per heavy atom. The Morgan fingerprint density at radius 1 is 1.21 bits per heavy atom. The van der Waals surface area contributed by atoms with Crippen LogP contribution >= 0.6 is 23.2 Å². The number of benzene rings is 1. The lowest BCUT2D eigenvalue weighted by molar-refractivity contribution is 0.303. The molecule has 1 aliphatic carbocycles. The van der Waals surface area contributed by atoms with Gasteiger partial charge in [0.1, 0.15) is 5.75 Å². The van der Waals surface area contributed by atoms with Crippen molar-refractivity contribution in [3.63, 3.8) is 0 Å². The van der Waals surface area contributed by atoms with Crippen molar-refractivity contribution in [2.75, 3.05) is 5.75 Å². The summed E-state index contributed by atoms with van der Waals surface area (Å²) >= 11 is 12.0. The average molecular weight is 463 g/mol. The molecule has 0 saturated heterocycles. The normalized spacial score (nSPS) is 18.4. The minimum Gasteiger partial charge on any atom is -0.506 e. The van der Waals surface area contributed by atoms with Crippen molar-refractivity contribution in [1.82, 2.24) is 4.72 Å². The van der Waals surface area contributed by atoms with Crippen LogP contribution in [0.3, 0.4) is 0 Å². The number of nitrogens with one attached hydrogen (secondary N) is 1. The topological polar surface area (TPSA) is 78.8 Å². The number of aliphatic imine (C=N–C) groups is 1. The highest BCUT2D eigenvalue weighted by Gasteiger charge is 2.26. The molecule has 29 heavy (non-hydrogen) atoms. The van der Waals surface area contributed by atoms with Crippen LogP contribution < -0.4 is 4.72 Å². The summed E-state index contributed by atoms with van der Waals surface area (Å²) in [4.78, 5) is 4.46. The molecular weight excluding hydrogens is 431 g/mol. The minimum atomic E-state index is -3.48. The van der Waals surface area contributed by atoms with E-state index in [1.807, 2.05) is 20.8 Å². The molecule has 2 N–H and O–H groups in total. The predicted octanol–water partition coefficient (Wildman–Crippen LogP) is 5.42. The van der Waals surface area contributed by atoms with E-state index in [4.69, 9.17) is 23.2 Å². The zero-order chi connectivity index (χ0) is 21.6. The molecule has 0 spiro atoms. The molecular formula is C21H32Cl2N2O3S. The molecule has 1 aliphatic rings. The summed E-state index contributed by atoms with van der Waals surface area (Å²) in [7, 11) is -3.48. The maximum Gasteiger partial charge on any atom is 0.213 e. The number of sulfonamides is 1. The molecule has 0 amide bonds. The third-order valence-corrected chi connectivity index (χ3v) is 7.42. The highest BCUT2D eigenvalue weighted by Crippen LogP contribution is 2.30. The summed E-state index contributed by atoms with van der Waals surface area (Å²) in [6, 6.07) is 2.50. The van der Waals surface area contributed by atoms with Gasteiger partial charge in [0.2, 0.25) is 10.0 Å². The van der Waals surface area contributed by atoms with Crippen LogP contribution in [-0.2, 0) is 10.0 Å². The van der Waals surface area contributed by atoms with E-state index in [0.29, 0.717) is 22.9 Å². The summed E-state index contributed by atoms with van der Waals surface area (Å²) in [5, 5.41) is 10.6. The molecule has 2 atom stereocenters. The molecule has 0 radical (unpaired) electrons. The smallest absolute Gasteiger partial charge is 0.213 e. The van der Waals surface area contributed by atoms with Crippen LogP contribution in [0.4, 0.5) is 0 Å². The van der Waals surface area contributed by atoms with E-state index in [9.17, 15) is 13.5 Å². The molecule has 0 aliphatic heterocycles. The van der Waals surface area contributed by atoms with Crippen molar-refractivity contribution in [3.8, 4) is 5.75 Å². The van der Waals surface area contributed by atoms with Gasteiger partial charge >= 0.3 is 0 Å². The largest absolute Gasteiger partial charge is 0.506 e. The Hall–Kier alpha value is -0.820. The van der Waals surface area contributed by atoms with Gasteiger partial charge in [-0.15, -0.1) is 0 Å². The highest BCUT2D eigenvalue weighted by atomic mass is 35.5. The first kappa shape index (κ1) is 24.4. The molecule has 1 fully saturated rings. The molecule has 1 saturated carbocycles. The first-order valence-electron chi connectivity index (χ1n) is 10.3. The highest BCUT2D eigenvalue weighted by molar-refractivity contribution is 7.89. The number of hydrogen-bond acceptors (Lipinski definition) is 4. The monoisotopic (exact) mass is 462 g/mol. The summed E-state index contributed by atoms with van der Waals surface area (Å²) in [5.41, 5.74) is 0.372. The van der Waals surface area contributed by atoms with Crippen LogP contribution in [0.15, 0.2) is 17.1 Å². The summed E-state index contributed by atoms with van der Waals surface area (Å²) in [6.45, 7) is 6.02. The number of phenols is 1. The second kappa shape index (κ2) is 11.0.